The number of nitrogens with zero attached hydrogens (tertiary/aromatic N) is 2. The molecule has 2 aromatic heterocycles. The van der Waals surface area contributed by atoms with E-state index in [-0.39, 0.29) is 35.9 Å². The third kappa shape index (κ3) is 2.38. The maximum Gasteiger partial charge on any atom is 0.0522 e. The number of fused-ring (bicyclic) bond motifs is 4. The first kappa shape index (κ1) is 18.3. The van der Waals surface area contributed by atoms with Gasteiger partial charge in [-0.25, -0.2) is 0 Å². The highest BCUT2D eigenvalue weighted by atomic mass is 16.3. The highest BCUT2D eigenvalue weighted by molar-refractivity contribution is 5.36. The summed E-state index contributed by atoms with van der Waals surface area (Å²) in [6.07, 6.45) is 8.84. The lowest BCUT2D eigenvalue weighted by Crippen LogP contribution is -2.53. The Morgan fingerprint density at radius 3 is 2.79 bits per heavy atom. The monoisotopic (exact) mass is 381 g/mol. The molecule has 0 aliphatic heterocycles. The highest BCUT2D eigenvalue weighted by Crippen LogP contribution is 2.60. The van der Waals surface area contributed by atoms with Crippen molar-refractivity contribution in [3.63, 3.8) is 0 Å². The van der Waals surface area contributed by atoms with Crippen molar-refractivity contribution < 1.29 is 10.2 Å². The van der Waals surface area contributed by atoms with Crippen LogP contribution in [0.1, 0.15) is 49.2 Å². The zero-order chi connectivity index (χ0) is 19.5. The van der Waals surface area contributed by atoms with E-state index in [0.29, 0.717) is 11.8 Å². The molecule has 0 bridgehead atoms. The second kappa shape index (κ2) is 6.39. The summed E-state index contributed by atoms with van der Waals surface area (Å²) in [6, 6.07) is 4.25. The van der Waals surface area contributed by atoms with E-state index in [1.54, 1.807) is 0 Å². The molecule has 0 unspecified atom stereocenters. The summed E-state index contributed by atoms with van der Waals surface area (Å²) in [6.45, 7) is 5.11. The molecule has 5 rings (SSSR count). The van der Waals surface area contributed by atoms with Gasteiger partial charge in [0, 0.05) is 36.2 Å². The Labute approximate surface area is 166 Å². The van der Waals surface area contributed by atoms with Crippen LogP contribution in [0.4, 0.5) is 0 Å². The van der Waals surface area contributed by atoms with E-state index >= 15 is 0 Å². The first-order chi connectivity index (χ1) is 13.5. The summed E-state index contributed by atoms with van der Waals surface area (Å²) in [5, 5.41) is 28.2. The molecule has 1 fully saturated rings. The van der Waals surface area contributed by atoms with Crippen molar-refractivity contribution in [3.8, 4) is 0 Å². The van der Waals surface area contributed by atoms with Crippen molar-refractivity contribution in [1.29, 1.82) is 0 Å². The molecule has 0 amide bonds. The molecule has 2 heterocycles. The molecule has 3 aliphatic rings. The summed E-state index contributed by atoms with van der Waals surface area (Å²) >= 11 is 0. The lowest BCUT2D eigenvalue weighted by atomic mass is 9.49. The van der Waals surface area contributed by atoms with Crippen LogP contribution in [-0.4, -0.2) is 38.6 Å². The van der Waals surface area contributed by atoms with E-state index in [9.17, 15) is 10.2 Å². The van der Waals surface area contributed by atoms with Gasteiger partial charge in [0.25, 0.3) is 0 Å². The second-order valence-corrected chi connectivity index (χ2v) is 9.87. The lowest BCUT2D eigenvalue weighted by Gasteiger charge is -2.55. The number of H-pyrrole nitrogens is 1. The third-order valence-electron chi connectivity index (χ3n) is 8.74. The maximum atomic E-state index is 10.6. The van der Waals surface area contributed by atoms with Crippen molar-refractivity contribution in [3.05, 3.63) is 47.0 Å². The van der Waals surface area contributed by atoms with Gasteiger partial charge in [-0.15, -0.1) is 0 Å². The number of aromatic amines is 1. The van der Waals surface area contributed by atoms with E-state index in [2.05, 4.69) is 30.1 Å². The van der Waals surface area contributed by atoms with Crippen molar-refractivity contribution in [1.82, 2.24) is 15.2 Å². The van der Waals surface area contributed by atoms with E-state index in [4.69, 9.17) is 4.98 Å². The molecule has 0 saturated heterocycles. The molecular formula is C23H31N3O2. The van der Waals surface area contributed by atoms with Gasteiger partial charge in [0.2, 0.25) is 0 Å². The van der Waals surface area contributed by atoms with Gasteiger partial charge < -0.3 is 10.2 Å². The molecular weight excluding hydrogens is 350 g/mol. The number of aliphatic hydroxyl groups excluding tert-OH is 2. The molecule has 2 aromatic rings. The van der Waals surface area contributed by atoms with Crippen molar-refractivity contribution in [2.75, 3.05) is 13.2 Å². The van der Waals surface area contributed by atoms with Gasteiger partial charge in [-0.3, -0.25) is 10.1 Å². The fourth-order valence-corrected chi connectivity index (χ4v) is 7.11. The SMILES string of the molecule is C[C@]1([C@H]2CC[C@]3(C)c4ncccc4C[C@H]3[C@@H]2CO)Cc2cn[nH]c2C[C@@H]1CO. The number of rotatable bonds is 3. The molecule has 3 aliphatic carbocycles. The first-order valence-electron chi connectivity index (χ1n) is 10.7. The summed E-state index contributed by atoms with van der Waals surface area (Å²) in [7, 11) is 0. The van der Waals surface area contributed by atoms with Crippen LogP contribution in [0, 0.1) is 29.1 Å². The van der Waals surface area contributed by atoms with E-state index in [1.165, 1.54) is 22.5 Å². The highest BCUT2D eigenvalue weighted by Gasteiger charge is 2.57. The van der Waals surface area contributed by atoms with Crippen molar-refractivity contribution in [2.24, 2.45) is 29.1 Å². The first-order valence-corrected chi connectivity index (χ1v) is 10.7. The summed E-state index contributed by atoms with van der Waals surface area (Å²) < 4.78 is 0. The molecule has 150 valence electrons. The number of aliphatic hydroxyl groups is 2. The van der Waals surface area contributed by atoms with E-state index in [0.717, 1.165) is 32.1 Å². The topological polar surface area (TPSA) is 82.0 Å². The summed E-state index contributed by atoms with van der Waals surface area (Å²) in [5.41, 5.74) is 5.10. The number of hydrogen-bond acceptors (Lipinski definition) is 4. The van der Waals surface area contributed by atoms with Crippen LogP contribution in [0.2, 0.25) is 0 Å². The number of pyridine rings is 1. The second-order valence-electron chi connectivity index (χ2n) is 9.87. The summed E-state index contributed by atoms with van der Waals surface area (Å²) in [5.74, 6) is 1.25. The average Bonchev–Trinajstić information content (AvgIpc) is 3.27. The Kier molecular flexibility index (Phi) is 4.18. The Hall–Kier alpha value is -1.72. The minimum Gasteiger partial charge on any atom is -0.396 e. The predicted octanol–water partition coefficient (Wildman–Crippen LogP) is 2.67. The van der Waals surface area contributed by atoms with Crippen LogP contribution in [0.5, 0.6) is 0 Å². The fourth-order valence-electron chi connectivity index (χ4n) is 7.11. The van der Waals surface area contributed by atoms with Crippen LogP contribution in [0.3, 0.4) is 0 Å². The Balaban J connectivity index is 1.52. The molecule has 0 aromatic carbocycles. The number of aromatic nitrogens is 3. The maximum absolute atomic E-state index is 10.6. The Morgan fingerprint density at radius 1 is 1.14 bits per heavy atom. The molecule has 5 heteroatoms. The normalized spacial score (nSPS) is 39.3. The molecule has 28 heavy (non-hydrogen) atoms. The number of hydrogen-bond donors (Lipinski definition) is 3. The lowest BCUT2D eigenvalue weighted by molar-refractivity contribution is -0.0664. The molecule has 1 saturated carbocycles. The standard InChI is InChI=1S/C23H31N3O2/c1-22-6-5-18(17(13-28)19(22)8-14-4-3-7-24-21(14)22)23(2)10-15-11-25-26-20(15)9-16(23)12-27/h3-4,7,11,16-19,27-28H,5-6,8-10,12-13H2,1-2H3,(H,25,26)/t16-,17-,18+,19+,22+,23+/m1/s1. The van der Waals surface area contributed by atoms with E-state index < -0.39 is 0 Å². The van der Waals surface area contributed by atoms with Crippen molar-refractivity contribution in [2.45, 2.75) is 51.4 Å². The van der Waals surface area contributed by atoms with Crippen LogP contribution in [-0.2, 0) is 24.7 Å². The van der Waals surface area contributed by atoms with Gasteiger partial charge in [0.15, 0.2) is 0 Å². The fraction of sp³-hybridized carbons (Fsp3) is 0.652. The minimum atomic E-state index is -0.0252. The van der Waals surface area contributed by atoms with Crippen molar-refractivity contribution >= 4 is 0 Å². The van der Waals surface area contributed by atoms with Crippen LogP contribution in [0.15, 0.2) is 24.5 Å². The van der Waals surface area contributed by atoms with Gasteiger partial charge in [-0.2, -0.15) is 5.10 Å². The molecule has 0 spiro atoms. The quantitative estimate of drug-likeness (QED) is 0.763. The van der Waals surface area contributed by atoms with Crippen LogP contribution >= 0.6 is 0 Å². The summed E-state index contributed by atoms with van der Waals surface area (Å²) in [4.78, 5) is 4.76. The van der Waals surface area contributed by atoms with Gasteiger partial charge in [-0.1, -0.05) is 19.9 Å². The van der Waals surface area contributed by atoms with Gasteiger partial charge in [0.1, 0.15) is 0 Å². The number of nitrogens with one attached hydrogen (secondary N) is 1. The largest absolute Gasteiger partial charge is 0.396 e. The minimum absolute atomic E-state index is 0.0252. The third-order valence-corrected chi connectivity index (χ3v) is 8.74. The van der Waals surface area contributed by atoms with Gasteiger partial charge >= 0.3 is 0 Å². The molecule has 5 nitrogen and oxygen atoms in total. The average molecular weight is 382 g/mol. The smallest absolute Gasteiger partial charge is 0.0522 e. The van der Waals surface area contributed by atoms with Gasteiger partial charge in [0.05, 0.1) is 6.20 Å². The molecule has 3 N–H and O–H groups in total. The predicted molar refractivity (Wildman–Crippen MR) is 107 cm³/mol. The van der Waals surface area contributed by atoms with Crippen LogP contribution in [0.25, 0.3) is 0 Å². The molecule has 6 atom stereocenters. The van der Waals surface area contributed by atoms with Crippen LogP contribution < -0.4 is 0 Å². The zero-order valence-electron chi connectivity index (χ0n) is 16.9. The Morgan fingerprint density at radius 2 is 2.00 bits per heavy atom. The van der Waals surface area contributed by atoms with Gasteiger partial charge in [-0.05, 0) is 78.4 Å². The molecule has 0 radical (unpaired) electrons. The van der Waals surface area contributed by atoms with E-state index in [1.807, 2.05) is 18.5 Å². The zero-order valence-corrected chi connectivity index (χ0v) is 16.9. The Bertz CT molecular complexity index is 880.